The zero-order valence-corrected chi connectivity index (χ0v) is 12.1. The maximum Gasteiger partial charge on any atom is 0.0545 e. The van der Waals surface area contributed by atoms with E-state index in [2.05, 4.69) is 36.5 Å². The van der Waals surface area contributed by atoms with Gasteiger partial charge in [-0.3, -0.25) is 0 Å². The van der Waals surface area contributed by atoms with Gasteiger partial charge in [-0.25, -0.2) is 0 Å². The predicted molar refractivity (Wildman–Crippen MR) is 79.5 cm³/mol. The molecule has 1 N–H and O–H groups in total. The van der Waals surface area contributed by atoms with Crippen LogP contribution in [-0.2, 0) is 0 Å². The SMILES string of the molecule is CNC(C)c1ccc(Sc2ccccc2Cl)cc1. The molecule has 2 rings (SSSR count). The van der Waals surface area contributed by atoms with Gasteiger partial charge in [-0.15, -0.1) is 0 Å². The van der Waals surface area contributed by atoms with Crippen LogP contribution in [0.2, 0.25) is 5.02 Å². The van der Waals surface area contributed by atoms with E-state index in [0.29, 0.717) is 6.04 Å². The fourth-order valence-electron chi connectivity index (χ4n) is 1.65. The molecule has 2 aromatic rings. The molecule has 0 spiro atoms. The van der Waals surface area contributed by atoms with Crippen LogP contribution in [0.3, 0.4) is 0 Å². The summed E-state index contributed by atoms with van der Waals surface area (Å²) in [6.45, 7) is 2.15. The van der Waals surface area contributed by atoms with Crippen LogP contribution in [0.15, 0.2) is 58.3 Å². The Hall–Kier alpha value is -0.960. The first-order valence-corrected chi connectivity index (χ1v) is 7.10. The van der Waals surface area contributed by atoms with E-state index in [-0.39, 0.29) is 0 Å². The Morgan fingerprint density at radius 1 is 1.06 bits per heavy atom. The molecule has 3 heteroatoms. The second-order valence-corrected chi connectivity index (χ2v) is 5.63. The van der Waals surface area contributed by atoms with Gasteiger partial charge < -0.3 is 5.32 Å². The van der Waals surface area contributed by atoms with Gasteiger partial charge in [0.2, 0.25) is 0 Å². The number of hydrogen-bond acceptors (Lipinski definition) is 2. The highest BCUT2D eigenvalue weighted by Gasteiger charge is 2.04. The van der Waals surface area contributed by atoms with Gasteiger partial charge in [-0.1, -0.05) is 47.6 Å². The molecule has 0 radical (unpaired) electrons. The minimum Gasteiger partial charge on any atom is -0.313 e. The van der Waals surface area contributed by atoms with Crippen LogP contribution in [0.25, 0.3) is 0 Å². The Bertz CT molecular complexity index is 510. The van der Waals surface area contributed by atoms with E-state index in [0.717, 1.165) is 9.92 Å². The van der Waals surface area contributed by atoms with Crippen LogP contribution in [0, 0.1) is 0 Å². The zero-order chi connectivity index (χ0) is 13.0. The van der Waals surface area contributed by atoms with Crippen molar-refractivity contribution in [3.8, 4) is 0 Å². The highest BCUT2D eigenvalue weighted by atomic mass is 35.5. The molecule has 0 aromatic heterocycles. The van der Waals surface area contributed by atoms with Gasteiger partial charge in [0, 0.05) is 15.8 Å². The molecule has 0 aliphatic heterocycles. The topological polar surface area (TPSA) is 12.0 Å². The molecule has 1 unspecified atom stereocenters. The molecule has 0 fully saturated rings. The molecule has 2 aromatic carbocycles. The Kier molecular flexibility index (Phi) is 4.70. The number of nitrogens with one attached hydrogen (secondary N) is 1. The van der Waals surface area contributed by atoms with E-state index in [4.69, 9.17) is 11.6 Å². The fourth-order valence-corrected chi connectivity index (χ4v) is 2.74. The summed E-state index contributed by atoms with van der Waals surface area (Å²) in [5, 5.41) is 4.03. The third-order valence-electron chi connectivity index (χ3n) is 2.88. The van der Waals surface area contributed by atoms with Crippen molar-refractivity contribution in [2.45, 2.75) is 22.8 Å². The molecule has 0 saturated heterocycles. The van der Waals surface area contributed by atoms with Crippen molar-refractivity contribution >= 4 is 23.4 Å². The zero-order valence-electron chi connectivity index (χ0n) is 10.5. The van der Waals surface area contributed by atoms with E-state index in [1.165, 1.54) is 10.5 Å². The first kappa shape index (κ1) is 13.5. The quantitative estimate of drug-likeness (QED) is 0.864. The first-order chi connectivity index (χ1) is 8.70. The van der Waals surface area contributed by atoms with Crippen LogP contribution >= 0.6 is 23.4 Å². The Labute approximate surface area is 118 Å². The van der Waals surface area contributed by atoms with Crippen molar-refractivity contribution in [3.63, 3.8) is 0 Å². The van der Waals surface area contributed by atoms with Crippen LogP contribution in [0.4, 0.5) is 0 Å². The van der Waals surface area contributed by atoms with Crippen LogP contribution in [-0.4, -0.2) is 7.05 Å². The van der Waals surface area contributed by atoms with Crippen LogP contribution in [0.5, 0.6) is 0 Å². The monoisotopic (exact) mass is 277 g/mol. The van der Waals surface area contributed by atoms with Gasteiger partial charge in [0.1, 0.15) is 0 Å². The van der Waals surface area contributed by atoms with Gasteiger partial charge in [0.25, 0.3) is 0 Å². The summed E-state index contributed by atoms with van der Waals surface area (Å²) in [4.78, 5) is 2.30. The summed E-state index contributed by atoms with van der Waals surface area (Å²) in [5.74, 6) is 0. The number of rotatable bonds is 4. The average Bonchev–Trinajstić information content (AvgIpc) is 2.41. The molecular formula is C15H16ClNS. The van der Waals surface area contributed by atoms with Crippen molar-refractivity contribution in [1.29, 1.82) is 0 Å². The molecule has 0 heterocycles. The van der Waals surface area contributed by atoms with E-state index < -0.39 is 0 Å². The lowest BCUT2D eigenvalue weighted by molar-refractivity contribution is 0.652. The first-order valence-electron chi connectivity index (χ1n) is 5.90. The van der Waals surface area contributed by atoms with Crippen LogP contribution < -0.4 is 5.32 Å². The summed E-state index contributed by atoms with van der Waals surface area (Å²) in [6.07, 6.45) is 0. The standard InChI is InChI=1S/C15H16ClNS/c1-11(17-2)12-7-9-13(10-8-12)18-15-6-4-3-5-14(15)16/h3-11,17H,1-2H3. The van der Waals surface area contributed by atoms with Crippen molar-refractivity contribution in [2.24, 2.45) is 0 Å². The second-order valence-electron chi connectivity index (χ2n) is 4.11. The maximum absolute atomic E-state index is 6.15. The largest absolute Gasteiger partial charge is 0.313 e. The molecule has 1 nitrogen and oxygen atoms in total. The second kappa shape index (κ2) is 6.28. The van der Waals surface area contributed by atoms with E-state index >= 15 is 0 Å². The molecule has 0 amide bonds. The van der Waals surface area contributed by atoms with Gasteiger partial charge in [0.15, 0.2) is 0 Å². The smallest absolute Gasteiger partial charge is 0.0545 e. The summed E-state index contributed by atoms with van der Waals surface area (Å²) >= 11 is 7.84. The number of benzene rings is 2. The Morgan fingerprint density at radius 3 is 2.33 bits per heavy atom. The normalized spacial score (nSPS) is 12.4. The third kappa shape index (κ3) is 3.29. The summed E-state index contributed by atoms with van der Waals surface area (Å²) < 4.78 is 0. The van der Waals surface area contributed by atoms with E-state index in [1.807, 2.05) is 31.3 Å². The minimum absolute atomic E-state index is 0.379. The van der Waals surface area contributed by atoms with Crippen molar-refractivity contribution in [3.05, 3.63) is 59.1 Å². The van der Waals surface area contributed by atoms with Crippen molar-refractivity contribution in [1.82, 2.24) is 5.32 Å². The highest BCUT2D eigenvalue weighted by Crippen LogP contribution is 2.33. The molecular weight excluding hydrogens is 262 g/mol. The predicted octanol–water partition coefficient (Wildman–Crippen LogP) is 4.77. The van der Waals surface area contributed by atoms with Gasteiger partial charge in [-0.05, 0) is 43.8 Å². The van der Waals surface area contributed by atoms with Crippen LogP contribution in [0.1, 0.15) is 18.5 Å². The van der Waals surface area contributed by atoms with Crippen molar-refractivity contribution in [2.75, 3.05) is 7.05 Å². The lowest BCUT2D eigenvalue weighted by atomic mass is 10.1. The van der Waals surface area contributed by atoms with Gasteiger partial charge >= 0.3 is 0 Å². The van der Waals surface area contributed by atoms with E-state index in [9.17, 15) is 0 Å². The third-order valence-corrected chi connectivity index (χ3v) is 4.40. The highest BCUT2D eigenvalue weighted by molar-refractivity contribution is 7.99. The Balaban J connectivity index is 2.14. The average molecular weight is 278 g/mol. The summed E-state index contributed by atoms with van der Waals surface area (Å²) in [7, 11) is 1.97. The number of hydrogen-bond donors (Lipinski definition) is 1. The molecule has 1 atom stereocenters. The molecule has 0 saturated carbocycles. The number of halogens is 1. The molecule has 18 heavy (non-hydrogen) atoms. The summed E-state index contributed by atoms with van der Waals surface area (Å²) in [5.41, 5.74) is 1.29. The maximum atomic E-state index is 6.15. The molecule has 0 bridgehead atoms. The fraction of sp³-hybridized carbons (Fsp3) is 0.200. The molecule has 0 aliphatic carbocycles. The van der Waals surface area contributed by atoms with Crippen molar-refractivity contribution < 1.29 is 0 Å². The lowest BCUT2D eigenvalue weighted by Crippen LogP contribution is -2.11. The lowest BCUT2D eigenvalue weighted by Gasteiger charge is -2.11. The van der Waals surface area contributed by atoms with E-state index in [1.54, 1.807) is 11.8 Å². The summed E-state index contributed by atoms with van der Waals surface area (Å²) in [6, 6.07) is 16.9. The van der Waals surface area contributed by atoms with Gasteiger partial charge in [0.05, 0.1) is 5.02 Å². The Morgan fingerprint density at radius 2 is 1.72 bits per heavy atom. The molecule has 0 aliphatic rings. The van der Waals surface area contributed by atoms with Gasteiger partial charge in [-0.2, -0.15) is 0 Å². The minimum atomic E-state index is 0.379. The molecule has 94 valence electrons.